The molecule has 0 aromatic heterocycles. The average Bonchev–Trinajstić information content (AvgIpc) is 2.19. The van der Waals surface area contributed by atoms with Gasteiger partial charge in [-0.15, -0.1) is 0 Å². The summed E-state index contributed by atoms with van der Waals surface area (Å²) in [6, 6.07) is 0. The maximum atomic E-state index is 11.7. The molecule has 1 amide bonds. The van der Waals surface area contributed by atoms with Crippen molar-refractivity contribution in [3.05, 3.63) is 0 Å². The molecule has 1 fully saturated rings. The Kier molecular flexibility index (Phi) is 3.89. The Hall–Kier alpha value is -0.610. The molecule has 14 heavy (non-hydrogen) atoms. The third-order valence-electron chi connectivity index (χ3n) is 2.52. The normalized spacial score (nSPS) is 23.2. The Morgan fingerprint density at radius 2 is 2.36 bits per heavy atom. The minimum atomic E-state index is -0.505. The molecule has 1 unspecified atom stereocenters. The zero-order chi connectivity index (χ0) is 10.6. The molecule has 1 heterocycles. The maximum Gasteiger partial charge on any atom is 0.224 e. The quantitative estimate of drug-likeness (QED) is 0.595. The topological polar surface area (TPSA) is 61.4 Å². The van der Waals surface area contributed by atoms with Gasteiger partial charge in [0.15, 0.2) is 0 Å². The van der Waals surface area contributed by atoms with E-state index < -0.39 is 5.54 Å². The number of nitrogens with one attached hydrogen (secondary N) is 2. The Bertz CT molecular complexity index is 198. The fraction of sp³-hybridized carbons (Fsp3) is 0.900. The number of aliphatic hydroxyl groups excluding tert-OH is 1. The minimum absolute atomic E-state index is 0.0289. The Labute approximate surface area is 85.1 Å². The molecule has 0 radical (unpaired) electrons. The average molecular weight is 200 g/mol. The molecular formula is C10H20N2O2. The summed E-state index contributed by atoms with van der Waals surface area (Å²) in [7, 11) is 0. The summed E-state index contributed by atoms with van der Waals surface area (Å²) in [5.41, 5.74) is -0.505. The summed E-state index contributed by atoms with van der Waals surface area (Å²) in [6.45, 7) is 5.38. The van der Waals surface area contributed by atoms with E-state index in [0.29, 0.717) is 0 Å². The van der Waals surface area contributed by atoms with Gasteiger partial charge in [-0.05, 0) is 33.2 Å². The molecule has 1 saturated heterocycles. The molecule has 0 aliphatic carbocycles. The maximum absolute atomic E-state index is 11.7. The smallest absolute Gasteiger partial charge is 0.224 e. The fourth-order valence-corrected chi connectivity index (χ4v) is 1.55. The van der Waals surface area contributed by atoms with Crippen molar-refractivity contribution in [1.82, 2.24) is 10.6 Å². The van der Waals surface area contributed by atoms with E-state index in [4.69, 9.17) is 5.11 Å². The van der Waals surface area contributed by atoms with E-state index in [-0.39, 0.29) is 18.4 Å². The first kappa shape index (κ1) is 11.5. The van der Waals surface area contributed by atoms with E-state index in [1.807, 2.05) is 13.8 Å². The first-order valence-electron chi connectivity index (χ1n) is 5.19. The molecule has 82 valence electrons. The second-order valence-corrected chi connectivity index (χ2v) is 4.57. The van der Waals surface area contributed by atoms with Gasteiger partial charge in [-0.25, -0.2) is 0 Å². The Morgan fingerprint density at radius 3 is 2.86 bits per heavy atom. The number of piperidine rings is 1. The van der Waals surface area contributed by atoms with Gasteiger partial charge in [0.25, 0.3) is 0 Å². The van der Waals surface area contributed by atoms with Crippen LogP contribution >= 0.6 is 0 Å². The van der Waals surface area contributed by atoms with E-state index >= 15 is 0 Å². The molecular weight excluding hydrogens is 180 g/mol. The highest BCUT2D eigenvalue weighted by Gasteiger charge is 2.26. The van der Waals surface area contributed by atoms with Gasteiger partial charge >= 0.3 is 0 Å². The lowest BCUT2D eigenvalue weighted by molar-refractivity contribution is -0.127. The highest BCUT2D eigenvalue weighted by molar-refractivity contribution is 5.79. The van der Waals surface area contributed by atoms with Gasteiger partial charge in [-0.2, -0.15) is 0 Å². The number of rotatable bonds is 3. The van der Waals surface area contributed by atoms with Crippen molar-refractivity contribution >= 4 is 5.91 Å². The van der Waals surface area contributed by atoms with E-state index in [2.05, 4.69) is 10.6 Å². The number of carbonyl (C=O) groups excluding carboxylic acids is 1. The van der Waals surface area contributed by atoms with Crippen molar-refractivity contribution in [3.63, 3.8) is 0 Å². The van der Waals surface area contributed by atoms with Crippen molar-refractivity contribution in [2.45, 2.75) is 32.2 Å². The van der Waals surface area contributed by atoms with Crippen molar-refractivity contribution in [1.29, 1.82) is 0 Å². The fourth-order valence-electron chi connectivity index (χ4n) is 1.55. The number of hydrogen-bond acceptors (Lipinski definition) is 3. The van der Waals surface area contributed by atoms with E-state index in [9.17, 15) is 4.79 Å². The van der Waals surface area contributed by atoms with Crippen molar-refractivity contribution in [3.8, 4) is 0 Å². The zero-order valence-electron chi connectivity index (χ0n) is 8.97. The van der Waals surface area contributed by atoms with Crippen LogP contribution in [-0.2, 0) is 4.79 Å². The number of hydrogen-bond donors (Lipinski definition) is 3. The van der Waals surface area contributed by atoms with E-state index in [1.165, 1.54) is 0 Å². The minimum Gasteiger partial charge on any atom is -0.394 e. The summed E-state index contributed by atoms with van der Waals surface area (Å²) in [6.07, 6.45) is 2.00. The third kappa shape index (κ3) is 3.27. The van der Waals surface area contributed by atoms with Crippen LogP contribution in [0.3, 0.4) is 0 Å². The second-order valence-electron chi connectivity index (χ2n) is 4.57. The van der Waals surface area contributed by atoms with Crippen LogP contribution in [-0.4, -0.2) is 36.2 Å². The monoisotopic (exact) mass is 200 g/mol. The molecule has 1 atom stereocenters. The van der Waals surface area contributed by atoms with Gasteiger partial charge in [0.1, 0.15) is 0 Å². The first-order valence-corrected chi connectivity index (χ1v) is 5.19. The molecule has 1 rings (SSSR count). The Balaban J connectivity index is 2.40. The molecule has 0 aromatic rings. The van der Waals surface area contributed by atoms with Gasteiger partial charge < -0.3 is 15.7 Å². The van der Waals surface area contributed by atoms with Crippen LogP contribution in [0.2, 0.25) is 0 Å². The van der Waals surface area contributed by atoms with Crippen LogP contribution in [0.4, 0.5) is 0 Å². The number of amides is 1. The molecule has 0 bridgehead atoms. The summed E-state index contributed by atoms with van der Waals surface area (Å²) in [5, 5.41) is 15.1. The van der Waals surface area contributed by atoms with Gasteiger partial charge in [-0.3, -0.25) is 4.79 Å². The largest absolute Gasteiger partial charge is 0.394 e. The summed E-state index contributed by atoms with van der Waals surface area (Å²) in [4.78, 5) is 11.7. The summed E-state index contributed by atoms with van der Waals surface area (Å²) < 4.78 is 0. The number of aliphatic hydroxyl groups is 1. The molecule has 1 aliphatic heterocycles. The van der Waals surface area contributed by atoms with Gasteiger partial charge in [0.2, 0.25) is 5.91 Å². The van der Waals surface area contributed by atoms with Crippen molar-refractivity contribution < 1.29 is 9.90 Å². The number of carbonyl (C=O) groups is 1. The lowest BCUT2D eigenvalue weighted by Gasteiger charge is -2.28. The molecule has 0 spiro atoms. The van der Waals surface area contributed by atoms with Crippen LogP contribution in [0, 0.1) is 5.92 Å². The van der Waals surface area contributed by atoms with Gasteiger partial charge in [0.05, 0.1) is 18.1 Å². The standard InChI is InChI=1S/C10H20N2O2/c1-10(2,7-13)12-9(14)8-4-3-5-11-6-8/h8,11,13H,3-7H2,1-2H3,(H,12,14). The lowest BCUT2D eigenvalue weighted by Crippen LogP contribution is -2.51. The molecule has 0 aromatic carbocycles. The highest BCUT2D eigenvalue weighted by atomic mass is 16.3. The summed E-state index contributed by atoms with van der Waals surface area (Å²) in [5.74, 6) is 0.117. The van der Waals surface area contributed by atoms with Crippen LogP contribution in [0.15, 0.2) is 0 Å². The van der Waals surface area contributed by atoms with E-state index in [0.717, 1.165) is 25.9 Å². The predicted octanol–water partition coefficient (Wildman–Crippen LogP) is -0.127. The predicted molar refractivity (Wildman–Crippen MR) is 54.9 cm³/mol. The van der Waals surface area contributed by atoms with E-state index in [1.54, 1.807) is 0 Å². The second kappa shape index (κ2) is 4.75. The molecule has 4 heteroatoms. The molecule has 4 nitrogen and oxygen atoms in total. The lowest BCUT2D eigenvalue weighted by atomic mass is 9.97. The first-order chi connectivity index (χ1) is 6.55. The molecule has 0 saturated carbocycles. The van der Waals surface area contributed by atoms with Gasteiger partial charge in [-0.1, -0.05) is 0 Å². The van der Waals surface area contributed by atoms with Crippen molar-refractivity contribution in [2.75, 3.05) is 19.7 Å². The van der Waals surface area contributed by atoms with Gasteiger partial charge in [0, 0.05) is 6.54 Å². The van der Waals surface area contributed by atoms with Crippen LogP contribution in [0.1, 0.15) is 26.7 Å². The zero-order valence-corrected chi connectivity index (χ0v) is 8.97. The third-order valence-corrected chi connectivity index (χ3v) is 2.52. The Morgan fingerprint density at radius 1 is 1.64 bits per heavy atom. The van der Waals surface area contributed by atoms with Crippen LogP contribution in [0.5, 0.6) is 0 Å². The van der Waals surface area contributed by atoms with Crippen molar-refractivity contribution in [2.24, 2.45) is 5.92 Å². The SMILES string of the molecule is CC(C)(CO)NC(=O)C1CCCNC1. The molecule has 3 N–H and O–H groups in total. The van der Waals surface area contributed by atoms with Crippen LogP contribution in [0.25, 0.3) is 0 Å². The molecule has 1 aliphatic rings. The highest BCUT2D eigenvalue weighted by Crippen LogP contribution is 2.11. The van der Waals surface area contributed by atoms with Crippen LogP contribution < -0.4 is 10.6 Å². The summed E-state index contributed by atoms with van der Waals surface area (Å²) >= 11 is 0.